The van der Waals surface area contributed by atoms with Crippen molar-refractivity contribution in [2.75, 3.05) is 13.6 Å². The first-order valence-electron chi connectivity index (χ1n) is 6.54. The summed E-state index contributed by atoms with van der Waals surface area (Å²) in [7, 11) is 1.90. The molecular formula is C13H27ClN2O. The number of hydrogen-bond acceptors (Lipinski definition) is 2. The van der Waals surface area contributed by atoms with E-state index in [1.54, 1.807) is 0 Å². The quantitative estimate of drug-likeness (QED) is 0.826. The zero-order valence-electron chi connectivity index (χ0n) is 11.5. The van der Waals surface area contributed by atoms with Crippen LogP contribution in [0.2, 0.25) is 0 Å². The van der Waals surface area contributed by atoms with Crippen LogP contribution >= 0.6 is 12.4 Å². The molecular weight excluding hydrogens is 236 g/mol. The van der Waals surface area contributed by atoms with Gasteiger partial charge in [0.15, 0.2) is 0 Å². The molecule has 1 aliphatic carbocycles. The fourth-order valence-electron chi connectivity index (χ4n) is 2.69. The van der Waals surface area contributed by atoms with Gasteiger partial charge in [0.25, 0.3) is 0 Å². The summed E-state index contributed by atoms with van der Waals surface area (Å²) in [4.78, 5) is 14.5. The maximum Gasteiger partial charge on any atom is 0.227 e. The monoisotopic (exact) mass is 262 g/mol. The maximum atomic E-state index is 12.3. The highest BCUT2D eigenvalue weighted by molar-refractivity contribution is 5.85. The average Bonchev–Trinajstić information content (AvgIpc) is 2.71. The van der Waals surface area contributed by atoms with E-state index in [1.165, 1.54) is 25.7 Å². The van der Waals surface area contributed by atoms with Gasteiger partial charge in [-0.2, -0.15) is 0 Å². The molecule has 0 heterocycles. The van der Waals surface area contributed by atoms with Crippen molar-refractivity contribution in [2.24, 2.45) is 5.92 Å². The Bertz CT molecular complexity index is 227. The number of carbonyl (C=O) groups is 1. The Morgan fingerprint density at radius 1 is 1.29 bits per heavy atom. The van der Waals surface area contributed by atoms with Crippen molar-refractivity contribution in [3.63, 3.8) is 0 Å². The van der Waals surface area contributed by atoms with Crippen molar-refractivity contribution in [1.29, 1.82) is 0 Å². The van der Waals surface area contributed by atoms with Crippen LogP contribution in [-0.4, -0.2) is 36.5 Å². The lowest BCUT2D eigenvalue weighted by Crippen LogP contribution is -2.47. The van der Waals surface area contributed by atoms with Crippen LogP contribution < -0.4 is 5.32 Å². The van der Waals surface area contributed by atoms with E-state index in [9.17, 15) is 4.79 Å². The molecule has 3 nitrogen and oxygen atoms in total. The highest BCUT2D eigenvalue weighted by Crippen LogP contribution is 2.26. The van der Waals surface area contributed by atoms with Crippen molar-refractivity contribution in [1.82, 2.24) is 10.2 Å². The molecule has 1 atom stereocenters. The Hall–Kier alpha value is -0.280. The first-order valence-corrected chi connectivity index (χ1v) is 6.54. The molecule has 102 valence electrons. The second-order valence-corrected chi connectivity index (χ2v) is 5.24. The summed E-state index contributed by atoms with van der Waals surface area (Å²) in [6, 6.07) is 0.821. The van der Waals surface area contributed by atoms with Gasteiger partial charge in [-0.1, -0.05) is 19.8 Å². The number of carbonyl (C=O) groups excluding carboxylic acids is 1. The van der Waals surface area contributed by atoms with Crippen molar-refractivity contribution in [3.05, 3.63) is 0 Å². The van der Waals surface area contributed by atoms with Gasteiger partial charge in [0.1, 0.15) is 0 Å². The molecule has 0 aromatic rings. The number of nitrogens with one attached hydrogen (secondary N) is 1. The lowest BCUT2D eigenvalue weighted by Gasteiger charge is -2.35. The van der Waals surface area contributed by atoms with Gasteiger partial charge in [0.05, 0.1) is 0 Å². The molecule has 1 rings (SSSR count). The molecule has 1 N–H and O–H groups in total. The van der Waals surface area contributed by atoms with E-state index in [0.29, 0.717) is 18.0 Å². The number of amides is 1. The van der Waals surface area contributed by atoms with Crippen LogP contribution in [0.1, 0.15) is 46.5 Å². The second-order valence-electron chi connectivity index (χ2n) is 5.24. The third-order valence-electron chi connectivity index (χ3n) is 3.46. The Morgan fingerprint density at radius 2 is 1.82 bits per heavy atom. The van der Waals surface area contributed by atoms with Gasteiger partial charge < -0.3 is 10.2 Å². The summed E-state index contributed by atoms with van der Waals surface area (Å²) in [5.74, 6) is 0.407. The van der Waals surface area contributed by atoms with E-state index in [1.807, 2.05) is 14.0 Å². The van der Waals surface area contributed by atoms with Gasteiger partial charge in [-0.25, -0.2) is 0 Å². The average molecular weight is 263 g/mol. The minimum absolute atomic E-state index is 0. The van der Waals surface area contributed by atoms with Crippen LogP contribution in [0.25, 0.3) is 0 Å². The van der Waals surface area contributed by atoms with Crippen LogP contribution in [0.3, 0.4) is 0 Å². The molecule has 0 bridgehead atoms. The first kappa shape index (κ1) is 16.7. The zero-order valence-corrected chi connectivity index (χ0v) is 12.3. The molecule has 1 aliphatic rings. The van der Waals surface area contributed by atoms with Crippen molar-refractivity contribution in [3.8, 4) is 0 Å². The van der Waals surface area contributed by atoms with Crippen molar-refractivity contribution in [2.45, 2.75) is 58.5 Å². The normalized spacial score (nSPS) is 17.9. The maximum absolute atomic E-state index is 12.3. The minimum Gasteiger partial charge on any atom is -0.337 e. The molecule has 0 spiro atoms. The molecule has 1 fully saturated rings. The summed E-state index contributed by atoms with van der Waals surface area (Å²) >= 11 is 0. The van der Waals surface area contributed by atoms with Crippen LogP contribution in [0.5, 0.6) is 0 Å². The van der Waals surface area contributed by atoms with Crippen molar-refractivity contribution >= 4 is 18.3 Å². The molecule has 17 heavy (non-hydrogen) atoms. The van der Waals surface area contributed by atoms with E-state index in [2.05, 4.69) is 24.1 Å². The topological polar surface area (TPSA) is 32.3 Å². The first-order chi connectivity index (χ1) is 7.57. The summed E-state index contributed by atoms with van der Waals surface area (Å²) in [5, 5.41) is 3.09. The number of nitrogens with zero attached hydrogens (tertiary/aromatic N) is 1. The molecule has 1 saturated carbocycles. The molecule has 0 aromatic heterocycles. The minimum atomic E-state index is 0. The summed E-state index contributed by atoms with van der Waals surface area (Å²) < 4.78 is 0. The zero-order chi connectivity index (χ0) is 12.1. The Balaban J connectivity index is 0.00000256. The standard InChI is InChI=1S/C13H26N2O.ClH/c1-10(2)15(12-7-5-6-8-12)13(16)11(3)9-14-4;/h10-12,14H,5-9H2,1-4H3;1H. The van der Waals surface area contributed by atoms with Gasteiger partial charge in [-0.3, -0.25) is 4.79 Å². The highest BCUT2D eigenvalue weighted by atomic mass is 35.5. The molecule has 0 radical (unpaired) electrons. The Labute approximate surface area is 112 Å². The van der Waals surface area contributed by atoms with E-state index in [0.717, 1.165) is 6.54 Å². The van der Waals surface area contributed by atoms with Gasteiger partial charge in [-0.05, 0) is 33.7 Å². The van der Waals surface area contributed by atoms with Gasteiger partial charge >= 0.3 is 0 Å². The van der Waals surface area contributed by atoms with E-state index < -0.39 is 0 Å². The molecule has 1 amide bonds. The Kier molecular flexibility index (Phi) is 7.80. The van der Waals surface area contributed by atoms with E-state index >= 15 is 0 Å². The van der Waals surface area contributed by atoms with Crippen LogP contribution in [0.4, 0.5) is 0 Å². The largest absolute Gasteiger partial charge is 0.337 e. The second kappa shape index (κ2) is 7.93. The lowest BCUT2D eigenvalue weighted by molar-refractivity contribution is -0.139. The Morgan fingerprint density at radius 3 is 2.24 bits per heavy atom. The van der Waals surface area contributed by atoms with Crippen LogP contribution in [-0.2, 0) is 4.79 Å². The molecule has 0 aliphatic heterocycles. The van der Waals surface area contributed by atoms with E-state index in [4.69, 9.17) is 0 Å². The summed E-state index contributed by atoms with van der Waals surface area (Å²) in [5.41, 5.74) is 0. The fraction of sp³-hybridized carbons (Fsp3) is 0.923. The predicted molar refractivity (Wildman–Crippen MR) is 74.6 cm³/mol. The lowest BCUT2D eigenvalue weighted by atomic mass is 10.1. The highest BCUT2D eigenvalue weighted by Gasteiger charge is 2.30. The van der Waals surface area contributed by atoms with Gasteiger partial charge in [0, 0.05) is 24.5 Å². The predicted octanol–water partition coefficient (Wildman–Crippen LogP) is 2.44. The smallest absolute Gasteiger partial charge is 0.227 e. The third kappa shape index (κ3) is 4.47. The van der Waals surface area contributed by atoms with Crippen molar-refractivity contribution < 1.29 is 4.79 Å². The SMILES string of the molecule is CNCC(C)C(=O)N(C(C)C)C1CCCC1.Cl. The van der Waals surface area contributed by atoms with Gasteiger partial charge in [-0.15, -0.1) is 12.4 Å². The number of rotatable bonds is 5. The summed E-state index contributed by atoms with van der Waals surface area (Å²) in [6.07, 6.45) is 4.94. The fourth-order valence-corrected chi connectivity index (χ4v) is 2.69. The third-order valence-corrected chi connectivity index (χ3v) is 3.46. The number of hydrogen-bond donors (Lipinski definition) is 1. The molecule has 0 aromatic carbocycles. The van der Waals surface area contributed by atoms with E-state index in [-0.39, 0.29) is 18.3 Å². The molecule has 4 heteroatoms. The number of halogens is 1. The van der Waals surface area contributed by atoms with Crippen LogP contribution in [0.15, 0.2) is 0 Å². The molecule has 1 unspecified atom stereocenters. The summed E-state index contributed by atoms with van der Waals surface area (Å²) in [6.45, 7) is 7.04. The molecule has 0 saturated heterocycles. The van der Waals surface area contributed by atoms with Gasteiger partial charge in [0.2, 0.25) is 5.91 Å². The van der Waals surface area contributed by atoms with Crippen LogP contribution in [0, 0.1) is 5.92 Å².